The van der Waals surface area contributed by atoms with Crippen molar-refractivity contribution < 1.29 is 23.9 Å². The first-order valence-electron chi connectivity index (χ1n) is 8.37. The Morgan fingerprint density at radius 2 is 1.92 bits per heavy atom. The maximum Gasteiger partial charge on any atom is 0.323 e. The summed E-state index contributed by atoms with van der Waals surface area (Å²) in [4.78, 5) is 40.5. The number of carboxylic acid groups (broad SMARTS) is 1. The highest BCUT2D eigenvalue weighted by Gasteiger charge is 2.29. The van der Waals surface area contributed by atoms with Crippen molar-refractivity contribution in [2.24, 2.45) is 0 Å². The Bertz CT molecular complexity index is 870. The van der Waals surface area contributed by atoms with Crippen molar-refractivity contribution in [2.75, 3.05) is 6.54 Å². The summed E-state index contributed by atoms with van der Waals surface area (Å²) in [6.07, 6.45) is 1.87. The van der Waals surface area contributed by atoms with Gasteiger partial charge in [0.1, 0.15) is 18.1 Å². The van der Waals surface area contributed by atoms with Crippen molar-refractivity contribution in [1.29, 1.82) is 0 Å². The number of halogens is 1. The van der Waals surface area contributed by atoms with E-state index in [4.69, 9.17) is 5.11 Å². The fourth-order valence-corrected chi connectivity index (χ4v) is 3.32. The highest BCUT2D eigenvalue weighted by atomic mass is 19.1. The average molecular weight is 358 g/mol. The third-order valence-electron chi connectivity index (χ3n) is 4.55. The van der Waals surface area contributed by atoms with Crippen molar-refractivity contribution in [1.82, 2.24) is 9.88 Å². The zero-order valence-corrected chi connectivity index (χ0v) is 14.3. The second-order valence-electron chi connectivity index (χ2n) is 6.44. The predicted molar refractivity (Wildman–Crippen MR) is 91.6 cm³/mol. The molecule has 0 spiro atoms. The van der Waals surface area contributed by atoms with Crippen LogP contribution in [0, 0.1) is 12.7 Å². The van der Waals surface area contributed by atoms with Crippen LogP contribution < -0.4 is 0 Å². The molecular formula is C19H19FN2O4. The van der Waals surface area contributed by atoms with Gasteiger partial charge in [0.2, 0.25) is 0 Å². The molecule has 2 aromatic rings. The molecule has 136 valence electrons. The Labute approximate surface area is 149 Å². The molecule has 0 saturated carbocycles. The van der Waals surface area contributed by atoms with Crippen LogP contribution in [0.2, 0.25) is 0 Å². The highest BCUT2D eigenvalue weighted by Crippen LogP contribution is 2.27. The number of rotatable bonds is 5. The van der Waals surface area contributed by atoms with E-state index in [-0.39, 0.29) is 18.0 Å². The minimum Gasteiger partial charge on any atom is -0.480 e. The number of hydrogen-bond donors (Lipinski definition) is 2. The number of nitrogens with zero attached hydrogens (tertiary/aromatic N) is 1. The first-order chi connectivity index (χ1) is 12.4. The normalized spacial score (nSPS) is 13.4. The van der Waals surface area contributed by atoms with Crippen LogP contribution in [0.5, 0.6) is 0 Å². The summed E-state index contributed by atoms with van der Waals surface area (Å²) in [5.41, 5.74) is 2.71. The van der Waals surface area contributed by atoms with Gasteiger partial charge in [-0.05, 0) is 43.0 Å². The molecule has 2 N–H and O–H groups in total. The van der Waals surface area contributed by atoms with Crippen LogP contribution >= 0.6 is 0 Å². The summed E-state index contributed by atoms with van der Waals surface area (Å²) in [5.74, 6) is -2.04. The number of ketones is 1. The van der Waals surface area contributed by atoms with Gasteiger partial charge in [0, 0.05) is 24.2 Å². The molecule has 0 aliphatic heterocycles. The number of benzene rings is 1. The van der Waals surface area contributed by atoms with Crippen LogP contribution in [-0.2, 0) is 17.8 Å². The number of hydrogen-bond acceptors (Lipinski definition) is 3. The van der Waals surface area contributed by atoms with E-state index in [0.29, 0.717) is 29.5 Å². The number of aromatic amines is 1. The zero-order valence-electron chi connectivity index (χ0n) is 14.3. The number of carboxylic acids is 1. The lowest BCUT2D eigenvalue weighted by Gasteiger charge is -2.20. The van der Waals surface area contributed by atoms with Gasteiger partial charge in [0.15, 0.2) is 5.78 Å². The summed E-state index contributed by atoms with van der Waals surface area (Å²) in [6.45, 7) is 1.23. The maximum atomic E-state index is 13.1. The van der Waals surface area contributed by atoms with Gasteiger partial charge in [0.05, 0.1) is 0 Å². The molecule has 1 aliphatic carbocycles. The van der Waals surface area contributed by atoms with Crippen molar-refractivity contribution in [3.8, 4) is 0 Å². The van der Waals surface area contributed by atoms with E-state index < -0.39 is 24.2 Å². The third kappa shape index (κ3) is 3.51. The van der Waals surface area contributed by atoms with Gasteiger partial charge >= 0.3 is 5.97 Å². The summed E-state index contributed by atoms with van der Waals surface area (Å²) in [6, 6.07) is 5.53. The van der Waals surface area contributed by atoms with Gasteiger partial charge in [-0.3, -0.25) is 14.4 Å². The van der Waals surface area contributed by atoms with Crippen LogP contribution in [0.1, 0.15) is 50.5 Å². The number of aryl methyl sites for hydroxylation is 1. The van der Waals surface area contributed by atoms with Crippen LogP contribution in [0.15, 0.2) is 24.3 Å². The van der Waals surface area contributed by atoms with Crippen LogP contribution in [0.3, 0.4) is 0 Å². The van der Waals surface area contributed by atoms with E-state index in [2.05, 4.69) is 4.98 Å². The zero-order chi connectivity index (χ0) is 18.8. The SMILES string of the molecule is Cc1c(C(=O)N(CC(=O)O)Cc2ccc(F)cc2)[nH]c2c1C(=O)CCC2. The Balaban J connectivity index is 1.91. The molecule has 0 bridgehead atoms. The molecule has 0 radical (unpaired) electrons. The quantitative estimate of drug-likeness (QED) is 0.860. The molecular weight excluding hydrogens is 339 g/mol. The molecule has 7 heteroatoms. The number of aromatic nitrogens is 1. The van der Waals surface area contributed by atoms with Gasteiger partial charge in [-0.2, -0.15) is 0 Å². The lowest BCUT2D eigenvalue weighted by molar-refractivity contribution is -0.137. The second kappa shape index (κ2) is 7.11. The largest absolute Gasteiger partial charge is 0.480 e. The standard InChI is InChI=1S/C19H19FN2O4/c1-11-17-14(3-2-4-15(17)23)21-18(11)19(26)22(10-16(24)25)9-12-5-7-13(20)8-6-12/h5-8,21H,2-4,9-10H2,1H3,(H,24,25). The smallest absolute Gasteiger partial charge is 0.323 e. The monoisotopic (exact) mass is 358 g/mol. The Hall–Kier alpha value is -2.96. The van der Waals surface area contributed by atoms with Crippen LogP contribution in [0.25, 0.3) is 0 Å². The van der Waals surface area contributed by atoms with Crippen molar-refractivity contribution in [3.63, 3.8) is 0 Å². The lowest BCUT2D eigenvalue weighted by Crippen LogP contribution is -2.35. The average Bonchev–Trinajstić information content (AvgIpc) is 2.93. The minimum absolute atomic E-state index is 0.00219. The molecule has 6 nitrogen and oxygen atoms in total. The second-order valence-corrected chi connectivity index (χ2v) is 6.44. The number of fused-ring (bicyclic) bond motifs is 1. The Kier molecular flexibility index (Phi) is 4.88. The lowest BCUT2D eigenvalue weighted by atomic mass is 9.93. The number of H-pyrrole nitrogens is 1. The van der Waals surface area contributed by atoms with E-state index in [1.165, 1.54) is 29.2 Å². The first-order valence-corrected chi connectivity index (χ1v) is 8.37. The van der Waals surface area contributed by atoms with Crippen molar-refractivity contribution in [3.05, 3.63) is 58.2 Å². The molecule has 1 aromatic heterocycles. The Morgan fingerprint density at radius 3 is 2.54 bits per heavy atom. The van der Waals surface area contributed by atoms with Gasteiger partial charge < -0.3 is 15.0 Å². The minimum atomic E-state index is -1.15. The van der Waals surface area contributed by atoms with Crippen molar-refractivity contribution in [2.45, 2.75) is 32.7 Å². The van der Waals surface area contributed by atoms with Gasteiger partial charge in [-0.15, -0.1) is 0 Å². The number of carbonyl (C=O) groups is 3. The molecule has 0 unspecified atom stereocenters. The molecule has 0 atom stereocenters. The molecule has 1 amide bonds. The van der Waals surface area contributed by atoms with Gasteiger partial charge in [-0.25, -0.2) is 4.39 Å². The van der Waals surface area contributed by atoms with E-state index >= 15 is 0 Å². The molecule has 3 rings (SSSR count). The molecule has 1 heterocycles. The Morgan fingerprint density at radius 1 is 1.23 bits per heavy atom. The fraction of sp³-hybridized carbons (Fsp3) is 0.316. The van der Waals surface area contributed by atoms with E-state index in [9.17, 15) is 18.8 Å². The number of Topliss-reactive ketones (excluding diaryl/α,β-unsaturated/α-hetero) is 1. The molecule has 0 fully saturated rings. The molecule has 1 aromatic carbocycles. The summed E-state index contributed by atoms with van der Waals surface area (Å²) in [5, 5.41) is 9.16. The molecule has 0 saturated heterocycles. The number of aliphatic carboxylic acids is 1. The number of amides is 1. The van der Waals surface area contributed by atoms with E-state index in [1.54, 1.807) is 6.92 Å². The molecule has 26 heavy (non-hydrogen) atoms. The van der Waals surface area contributed by atoms with E-state index in [0.717, 1.165) is 12.1 Å². The predicted octanol–water partition coefficient (Wildman–Crippen LogP) is 2.71. The van der Waals surface area contributed by atoms with E-state index in [1.807, 2.05) is 0 Å². The van der Waals surface area contributed by atoms with Gasteiger partial charge in [-0.1, -0.05) is 12.1 Å². The van der Waals surface area contributed by atoms with Gasteiger partial charge in [0.25, 0.3) is 5.91 Å². The maximum absolute atomic E-state index is 13.1. The third-order valence-corrected chi connectivity index (χ3v) is 4.55. The summed E-state index contributed by atoms with van der Waals surface area (Å²) in [7, 11) is 0. The fourth-order valence-electron chi connectivity index (χ4n) is 3.32. The van der Waals surface area contributed by atoms with Crippen LogP contribution in [0.4, 0.5) is 4.39 Å². The first kappa shape index (κ1) is 17.8. The van der Waals surface area contributed by atoms with Crippen LogP contribution in [-0.4, -0.2) is 39.2 Å². The number of carbonyl (C=O) groups excluding carboxylic acids is 2. The summed E-state index contributed by atoms with van der Waals surface area (Å²) < 4.78 is 13.1. The topological polar surface area (TPSA) is 90.5 Å². The molecule has 1 aliphatic rings. The number of nitrogens with one attached hydrogen (secondary N) is 1. The summed E-state index contributed by atoms with van der Waals surface area (Å²) >= 11 is 0. The van der Waals surface area contributed by atoms with Crippen molar-refractivity contribution >= 4 is 17.7 Å². The highest BCUT2D eigenvalue weighted by molar-refractivity contribution is 6.04.